The molecule has 2 heteroatoms. The third-order valence-electron chi connectivity index (χ3n) is 3.65. The first kappa shape index (κ1) is 12.3. The van der Waals surface area contributed by atoms with Crippen LogP contribution in [-0.4, -0.2) is 12.6 Å². The van der Waals surface area contributed by atoms with Crippen molar-refractivity contribution in [2.75, 3.05) is 11.9 Å². The molecule has 0 atom stereocenters. The van der Waals surface area contributed by atoms with Gasteiger partial charge in [-0.1, -0.05) is 13.8 Å². The van der Waals surface area contributed by atoms with Crippen molar-refractivity contribution < 1.29 is 4.74 Å². The molecule has 0 unspecified atom stereocenters. The Morgan fingerprint density at radius 2 is 1.88 bits per heavy atom. The van der Waals surface area contributed by atoms with Crippen molar-refractivity contribution in [2.24, 2.45) is 11.8 Å². The molecule has 0 heterocycles. The molecular formula is C15H23NO. The van der Waals surface area contributed by atoms with E-state index in [0.717, 1.165) is 24.2 Å². The summed E-state index contributed by atoms with van der Waals surface area (Å²) >= 11 is 0. The van der Waals surface area contributed by atoms with Crippen molar-refractivity contribution >= 4 is 5.69 Å². The summed E-state index contributed by atoms with van der Waals surface area (Å²) < 4.78 is 5.43. The van der Waals surface area contributed by atoms with Gasteiger partial charge in [-0.15, -0.1) is 0 Å². The van der Waals surface area contributed by atoms with Gasteiger partial charge in [-0.25, -0.2) is 0 Å². The fourth-order valence-corrected chi connectivity index (χ4v) is 2.37. The van der Waals surface area contributed by atoms with E-state index in [9.17, 15) is 0 Å². The number of hydrogen-bond donors (Lipinski definition) is 1. The van der Waals surface area contributed by atoms with Crippen LogP contribution in [0.1, 0.15) is 33.6 Å². The second-order valence-electron chi connectivity index (χ2n) is 5.27. The second kappa shape index (κ2) is 5.44. The van der Waals surface area contributed by atoms with Gasteiger partial charge in [0.15, 0.2) is 0 Å². The maximum atomic E-state index is 5.43. The fraction of sp³-hybridized carbons (Fsp3) is 0.600. The molecule has 1 saturated carbocycles. The maximum absolute atomic E-state index is 5.43. The molecule has 1 aromatic rings. The standard InChI is InChI=1S/C15H23NO/c1-4-17-15-7-5-13(6-8-15)16-14-9-12(10-14)11(2)3/h5-8,11-12,14,16H,4,9-10H2,1-3H3. The molecule has 0 spiro atoms. The highest BCUT2D eigenvalue weighted by Gasteiger charge is 2.30. The van der Waals surface area contributed by atoms with E-state index in [-0.39, 0.29) is 0 Å². The van der Waals surface area contributed by atoms with Crippen molar-refractivity contribution in [3.8, 4) is 5.75 Å². The topological polar surface area (TPSA) is 21.3 Å². The smallest absolute Gasteiger partial charge is 0.119 e. The molecule has 1 fully saturated rings. The Labute approximate surface area is 104 Å². The summed E-state index contributed by atoms with van der Waals surface area (Å²) in [6.07, 6.45) is 2.62. The lowest BCUT2D eigenvalue weighted by Gasteiger charge is -2.39. The lowest BCUT2D eigenvalue weighted by Crippen LogP contribution is -2.37. The minimum absolute atomic E-state index is 0.667. The van der Waals surface area contributed by atoms with Crippen LogP contribution in [0.5, 0.6) is 5.75 Å². The number of hydrogen-bond acceptors (Lipinski definition) is 2. The zero-order valence-corrected chi connectivity index (χ0v) is 11.1. The largest absolute Gasteiger partial charge is 0.494 e. The summed E-state index contributed by atoms with van der Waals surface area (Å²) in [7, 11) is 0. The zero-order chi connectivity index (χ0) is 12.3. The van der Waals surface area contributed by atoms with E-state index in [1.165, 1.54) is 18.5 Å². The third kappa shape index (κ3) is 3.15. The van der Waals surface area contributed by atoms with E-state index in [2.05, 4.69) is 31.3 Å². The normalized spacial score (nSPS) is 23.3. The summed E-state index contributed by atoms with van der Waals surface area (Å²) in [5.41, 5.74) is 1.21. The highest BCUT2D eigenvalue weighted by atomic mass is 16.5. The molecule has 94 valence electrons. The lowest BCUT2D eigenvalue weighted by molar-refractivity contribution is 0.212. The average Bonchev–Trinajstić information content (AvgIpc) is 2.25. The van der Waals surface area contributed by atoms with Crippen LogP contribution in [0.25, 0.3) is 0 Å². The molecule has 1 aliphatic carbocycles. The Hall–Kier alpha value is -1.18. The summed E-state index contributed by atoms with van der Waals surface area (Å²) in [4.78, 5) is 0. The lowest BCUT2D eigenvalue weighted by atomic mass is 9.73. The van der Waals surface area contributed by atoms with Crippen molar-refractivity contribution in [3.05, 3.63) is 24.3 Å². The molecule has 1 aromatic carbocycles. The van der Waals surface area contributed by atoms with E-state index in [4.69, 9.17) is 4.74 Å². The van der Waals surface area contributed by atoms with Crippen molar-refractivity contribution in [2.45, 2.75) is 39.7 Å². The third-order valence-corrected chi connectivity index (χ3v) is 3.65. The minimum Gasteiger partial charge on any atom is -0.494 e. The Bertz CT molecular complexity index is 338. The van der Waals surface area contributed by atoms with Gasteiger partial charge >= 0.3 is 0 Å². The number of nitrogens with one attached hydrogen (secondary N) is 1. The van der Waals surface area contributed by atoms with Crippen LogP contribution in [0.3, 0.4) is 0 Å². The Kier molecular flexibility index (Phi) is 3.93. The molecule has 2 nitrogen and oxygen atoms in total. The number of benzene rings is 1. The average molecular weight is 233 g/mol. The maximum Gasteiger partial charge on any atom is 0.119 e. The molecule has 0 aliphatic heterocycles. The summed E-state index contributed by atoms with van der Waals surface area (Å²) in [5.74, 6) is 2.69. The second-order valence-corrected chi connectivity index (χ2v) is 5.27. The van der Waals surface area contributed by atoms with Gasteiger partial charge in [-0.2, -0.15) is 0 Å². The minimum atomic E-state index is 0.667. The van der Waals surface area contributed by atoms with Gasteiger partial charge in [0.05, 0.1) is 6.61 Å². The molecule has 1 N–H and O–H groups in total. The molecule has 17 heavy (non-hydrogen) atoms. The predicted octanol–water partition coefficient (Wildman–Crippen LogP) is 3.93. The van der Waals surface area contributed by atoms with Crippen LogP contribution in [0.4, 0.5) is 5.69 Å². The van der Waals surface area contributed by atoms with Crippen LogP contribution in [0.15, 0.2) is 24.3 Å². The van der Waals surface area contributed by atoms with Crippen LogP contribution < -0.4 is 10.1 Å². The van der Waals surface area contributed by atoms with Gasteiger partial charge in [-0.3, -0.25) is 0 Å². The monoisotopic (exact) mass is 233 g/mol. The van der Waals surface area contributed by atoms with Gasteiger partial charge in [0.1, 0.15) is 5.75 Å². The van der Waals surface area contributed by atoms with E-state index in [0.29, 0.717) is 6.04 Å². The van der Waals surface area contributed by atoms with E-state index >= 15 is 0 Å². The number of anilines is 1. The number of ether oxygens (including phenoxy) is 1. The Morgan fingerprint density at radius 1 is 1.24 bits per heavy atom. The molecule has 0 aromatic heterocycles. The first-order valence-corrected chi connectivity index (χ1v) is 6.68. The molecule has 0 saturated heterocycles. The SMILES string of the molecule is CCOc1ccc(NC2CC(C(C)C)C2)cc1. The first-order chi connectivity index (χ1) is 8.19. The van der Waals surface area contributed by atoms with E-state index in [1.54, 1.807) is 0 Å². The van der Waals surface area contributed by atoms with Crippen molar-refractivity contribution in [1.82, 2.24) is 0 Å². The van der Waals surface area contributed by atoms with E-state index < -0.39 is 0 Å². The highest BCUT2D eigenvalue weighted by Crippen LogP contribution is 2.35. The Morgan fingerprint density at radius 3 is 2.41 bits per heavy atom. The van der Waals surface area contributed by atoms with E-state index in [1.807, 2.05) is 19.1 Å². The molecule has 0 amide bonds. The zero-order valence-electron chi connectivity index (χ0n) is 11.1. The quantitative estimate of drug-likeness (QED) is 0.832. The first-order valence-electron chi connectivity index (χ1n) is 6.68. The van der Waals surface area contributed by atoms with Gasteiger partial charge in [0, 0.05) is 11.7 Å². The van der Waals surface area contributed by atoms with Crippen LogP contribution >= 0.6 is 0 Å². The van der Waals surface area contributed by atoms with Gasteiger partial charge in [0.25, 0.3) is 0 Å². The fourth-order valence-electron chi connectivity index (χ4n) is 2.37. The highest BCUT2D eigenvalue weighted by molar-refractivity contribution is 5.47. The molecule has 0 radical (unpaired) electrons. The molecular weight excluding hydrogens is 210 g/mol. The molecule has 0 bridgehead atoms. The van der Waals surface area contributed by atoms with Crippen LogP contribution in [-0.2, 0) is 0 Å². The number of rotatable bonds is 5. The molecule has 2 rings (SSSR count). The summed E-state index contributed by atoms with van der Waals surface area (Å²) in [5, 5.41) is 3.58. The van der Waals surface area contributed by atoms with Gasteiger partial charge in [-0.05, 0) is 55.9 Å². The van der Waals surface area contributed by atoms with Crippen molar-refractivity contribution in [1.29, 1.82) is 0 Å². The van der Waals surface area contributed by atoms with Crippen molar-refractivity contribution in [3.63, 3.8) is 0 Å². The van der Waals surface area contributed by atoms with Gasteiger partial charge in [0.2, 0.25) is 0 Å². The predicted molar refractivity (Wildman–Crippen MR) is 72.6 cm³/mol. The summed E-state index contributed by atoms with van der Waals surface area (Å²) in [6, 6.07) is 8.94. The van der Waals surface area contributed by atoms with Crippen LogP contribution in [0.2, 0.25) is 0 Å². The van der Waals surface area contributed by atoms with Gasteiger partial charge < -0.3 is 10.1 Å². The molecule has 1 aliphatic rings. The summed E-state index contributed by atoms with van der Waals surface area (Å²) in [6.45, 7) is 7.37. The Balaban J connectivity index is 1.80. The van der Waals surface area contributed by atoms with Crippen LogP contribution in [0, 0.1) is 11.8 Å².